The lowest BCUT2D eigenvalue weighted by Gasteiger charge is -2.20. The summed E-state index contributed by atoms with van der Waals surface area (Å²) in [4.78, 5) is 17.3. The fraction of sp³-hybridized carbons (Fsp3) is 0.167. The number of amides is 1. The third kappa shape index (κ3) is 3.75. The molecule has 0 aliphatic carbocycles. The average Bonchev–Trinajstić information content (AvgIpc) is 3.39. The van der Waals surface area contributed by atoms with Gasteiger partial charge in [0.05, 0.1) is 28.3 Å². The SMILES string of the molecule is Cn1c(CNC(=O)c2ccc(Cl)c(S(=O)(=O)N3CCc4ccccc43)c2)nc2ccccc21. The minimum atomic E-state index is -3.93. The van der Waals surface area contributed by atoms with E-state index in [4.69, 9.17) is 11.6 Å². The summed E-state index contributed by atoms with van der Waals surface area (Å²) in [5.74, 6) is 0.289. The van der Waals surface area contributed by atoms with Crippen molar-refractivity contribution in [3.05, 3.63) is 88.7 Å². The number of imidazole rings is 1. The monoisotopic (exact) mass is 480 g/mol. The number of fused-ring (bicyclic) bond motifs is 2. The van der Waals surface area contributed by atoms with Gasteiger partial charge in [0, 0.05) is 19.2 Å². The van der Waals surface area contributed by atoms with Crippen LogP contribution in [0.2, 0.25) is 5.02 Å². The molecule has 9 heteroatoms. The van der Waals surface area contributed by atoms with E-state index >= 15 is 0 Å². The van der Waals surface area contributed by atoms with Crippen LogP contribution in [0.15, 0.2) is 71.6 Å². The van der Waals surface area contributed by atoms with E-state index in [9.17, 15) is 13.2 Å². The summed E-state index contributed by atoms with van der Waals surface area (Å²) in [6.45, 7) is 0.537. The second-order valence-corrected chi connectivity index (χ2v) is 10.1. The molecular formula is C24H21ClN4O3S. The molecule has 0 saturated heterocycles. The number of para-hydroxylation sites is 3. The maximum atomic E-state index is 13.4. The Bertz CT molecular complexity index is 1500. The largest absolute Gasteiger partial charge is 0.345 e. The van der Waals surface area contributed by atoms with E-state index in [1.165, 1.54) is 22.5 Å². The minimum Gasteiger partial charge on any atom is -0.345 e. The summed E-state index contributed by atoms with van der Waals surface area (Å²) in [6.07, 6.45) is 0.630. The van der Waals surface area contributed by atoms with E-state index in [2.05, 4.69) is 10.3 Å². The maximum absolute atomic E-state index is 13.4. The quantitative estimate of drug-likeness (QED) is 0.469. The lowest BCUT2D eigenvalue weighted by Crippen LogP contribution is -2.30. The number of hydrogen-bond acceptors (Lipinski definition) is 4. The van der Waals surface area contributed by atoms with Crippen molar-refractivity contribution in [1.82, 2.24) is 14.9 Å². The fourth-order valence-corrected chi connectivity index (χ4v) is 6.14. The number of halogens is 1. The zero-order valence-corrected chi connectivity index (χ0v) is 19.4. The van der Waals surface area contributed by atoms with Crippen LogP contribution < -0.4 is 9.62 Å². The van der Waals surface area contributed by atoms with Crippen LogP contribution in [0.1, 0.15) is 21.7 Å². The van der Waals surface area contributed by atoms with Crippen molar-refractivity contribution in [3.63, 3.8) is 0 Å². The van der Waals surface area contributed by atoms with Crippen molar-refractivity contribution >= 4 is 44.3 Å². The fourth-order valence-electron chi connectivity index (χ4n) is 4.13. The Morgan fingerprint density at radius 3 is 2.67 bits per heavy atom. The molecule has 0 bridgehead atoms. The number of hydrogen-bond donors (Lipinski definition) is 1. The molecule has 0 atom stereocenters. The van der Waals surface area contributed by atoms with Gasteiger partial charge in [-0.05, 0) is 48.4 Å². The third-order valence-corrected chi connectivity index (χ3v) is 8.19. The van der Waals surface area contributed by atoms with Crippen LogP contribution in [0, 0.1) is 0 Å². The van der Waals surface area contributed by atoms with Gasteiger partial charge in [0.2, 0.25) is 0 Å². The topological polar surface area (TPSA) is 84.3 Å². The molecule has 168 valence electrons. The normalized spacial score (nSPS) is 13.3. The third-order valence-electron chi connectivity index (χ3n) is 5.89. The van der Waals surface area contributed by atoms with E-state index in [0.717, 1.165) is 16.6 Å². The molecule has 1 aliphatic rings. The Morgan fingerprint density at radius 2 is 1.85 bits per heavy atom. The van der Waals surface area contributed by atoms with Gasteiger partial charge in [0.1, 0.15) is 10.7 Å². The van der Waals surface area contributed by atoms with E-state index in [1.54, 1.807) is 12.1 Å². The van der Waals surface area contributed by atoms with Gasteiger partial charge in [0.15, 0.2) is 0 Å². The molecule has 33 heavy (non-hydrogen) atoms. The Kier molecular flexibility index (Phi) is 5.34. The van der Waals surface area contributed by atoms with Crippen molar-refractivity contribution < 1.29 is 13.2 Å². The van der Waals surface area contributed by atoms with Gasteiger partial charge >= 0.3 is 0 Å². The van der Waals surface area contributed by atoms with Crippen LogP contribution in [-0.4, -0.2) is 30.4 Å². The van der Waals surface area contributed by atoms with Crippen molar-refractivity contribution in [2.45, 2.75) is 17.9 Å². The standard InChI is InChI=1S/C24H21ClN4O3S/c1-28-21-9-5-3-7-19(21)27-23(28)15-26-24(30)17-10-11-18(25)22(14-17)33(31,32)29-13-12-16-6-2-4-8-20(16)29/h2-11,14H,12-13,15H2,1H3,(H,26,30). The van der Waals surface area contributed by atoms with E-state index in [1.807, 2.05) is 48.0 Å². The highest BCUT2D eigenvalue weighted by Crippen LogP contribution is 2.35. The van der Waals surface area contributed by atoms with Crippen LogP contribution in [0.25, 0.3) is 11.0 Å². The number of aromatic nitrogens is 2. The zero-order valence-electron chi connectivity index (χ0n) is 17.8. The van der Waals surface area contributed by atoms with Gasteiger partial charge in [-0.15, -0.1) is 0 Å². The number of nitrogens with zero attached hydrogens (tertiary/aromatic N) is 3. The van der Waals surface area contributed by atoms with Crippen molar-refractivity contribution in [1.29, 1.82) is 0 Å². The number of aryl methyl sites for hydroxylation is 1. The first-order valence-electron chi connectivity index (χ1n) is 10.4. The average molecular weight is 481 g/mol. The molecule has 0 spiro atoms. The molecule has 0 saturated carbocycles. The van der Waals surface area contributed by atoms with Gasteiger partial charge in [0.25, 0.3) is 15.9 Å². The summed E-state index contributed by atoms with van der Waals surface area (Å²) < 4.78 is 30.1. The predicted molar refractivity (Wildman–Crippen MR) is 128 cm³/mol. The van der Waals surface area contributed by atoms with Gasteiger partial charge in [-0.2, -0.15) is 0 Å². The molecular weight excluding hydrogens is 460 g/mol. The van der Waals surface area contributed by atoms with E-state index in [-0.39, 0.29) is 22.0 Å². The van der Waals surface area contributed by atoms with Crippen molar-refractivity contribution in [2.24, 2.45) is 7.05 Å². The first kappa shape index (κ1) is 21.5. The van der Waals surface area contributed by atoms with Gasteiger partial charge in [-0.1, -0.05) is 41.9 Å². The van der Waals surface area contributed by atoms with E-state index < -0.39 is 15.9 Å². The molecule has 2 heterocycles. The molecule has 0 fully saturated rings. The van der Waals surface area contributed by atoms with Crippen LogP contribution in [0.4, 0.5) is 5.69 Å². The molecule has 4 aromatic rings. The van der Waals surface area contributed by atoms with Crippen molar-refractivity contribution in [3.8, 4) is 0 Å². The van der Waals surface area contributed by atoms with Crippen LogP contribution in [0.3, 0.4) is 0 Å². The lowest BCUT2D eigenvalue weighted by atomic mass is 10.2. The Morgan fingerprint density at radius 1 is 1.09 bits per heavy atom. The zero-order chi connectivity index (χ0) is 23.2. The number of sulfonamides is 1. The summed E-state index contributed by atoms with van der Waals surface area (Å²) in [5, 5.41) is 2.90. The number of carbonyl (C=O) groups is 1. The molecule has 1 aromatic heterocycles. The second-order valence-electron chi connectivity index (χ2n) is 7.86. The van der Waals surface area contributed by atoms with Crippen LogP contribution >= 0.6 is 11.6 Å². The highest BCUT2D eigenvalue weighted by atomic mass is 35.5. The molecule has 1 aliphatic heterocycles. The summed E-state index contributed by atoms with van der Waals surface area (Å²) in [6, 6.07) is 19.4. The molecule has 1 amide bonds. The highest BCUT2D eigenvalue weighted by Gasteiger charge is 2.32. The smallest absolute Gasteiger partial charge is 0.265 e. The predicted octanol–water partition coefficient (Wildman–Crippen LogP) is 3.91. The number of rotatable bonds is 5. The van der Waals surface area contributed by atoms with Crippen LogP contribution in [0.5, 0.6) is 0 Å². The van der Waals surface area contributed by atoms with Crippen molar-refractivity contribution in [2.75, 3.05) is 10.8 Å². The molecule has 3 aromatic carbocycles. The first-order valence-corrected chi connectivity index (χ1v) is 12.3. The first-order chi connectivity index (χ1) is 15.9. The summed E-state index contributed by atoms with van der Waals surface area (Å²) in [7, 11) is -2.04. The van der Waals surface area contributed by atoms with Gasteiger partial charge in [-0.25, -0.2) is 13.4 Å². The Balaban J connectivity index is 1.40. The van der Waals surface area contributed by atoms with Gasteiger partial charge in [-0.3, -0.25) is 9.10 Å². The molecule has 0 radical (unpaired) electrons. The molecule has 0 unspecified atom stereocenters. The molecule has 7 nitrogen and oxygen atoms in total. The number of carbonyl (C=O) groups excluding carboxylic acids is 1. The lowest BCUT2D eigenvalue weighted by molar-refractivity contribution is 0.0949. The molecule has 1 N–H and O–H groups in total. The Labute approximate surface area is 196 Å². The number of benzene rings is 3. The Hall–Kier alpha value is -3.36. The molecule has 5 rings (SSSR count). The minimum absolute atomic E-state index is 0.0753. The summed E-state index contributed by atoms with van der Waals surface area (Å²) in [5.41, 5.74) is 3.63. The number of anilines is 1. The van der Waals surface area contributed by atoms with E-state index in [0.29, 0.717) is 24.5 Å². The summed E-state index contributed by atoms with van der Waals surface area (Å²) >= 11 is 6.28. The highest BCUT2D eigenvalue weighted by molar-refractivity contribution is 7.93. The van der Waals surface area contributed by atoms with Gasteiger partial charge < -0.3 is 9.88 Å². The second kappa shape index (κ2) is 8.20. The van der Waals surface area contributed by atoms with Crippen LogP contribution in [-0.2, 0) is 30.0 Å². The number of nitrogens with one attached hydrogen (secondary N) is 1. The maximum Gasteiger partial charge on any atom is 0.265 e.